The van der Waals surface area contributed by atoms with Crippen molar-refractivity contribution in [1.29, 1.82) is 0 Å². The number of carbonyl (C=O) groups excluding carboxylic acids is 6. The normalized spacial score (nSPS) is 11.4. The molecule has 0 rings (SSSR count). The third-order valence-electron chi connectivity index (χ3n) is 4.53. The topological polar surface area (TPSA) is 158 Å². The van der Waals surface area contributed by atoms with Crippen LogP contribution >= 0.6 is 0 Å². The van der Waals surface area contributed by atoms with Crippen LogP contribution in [0.1, 0.15) is 66.2 Å². The van der Waals surface area contributed by atoms with Crippen molar-refractivity contribution in [3.05, 3.63) is 36.5 Å². The van der Waals surface area contributed by atoms with E-state index in [9.17, 15) is 28.8 Å². The first-order valence-corrected chi connectivity index (χ1v) is 18.4. The molecule has 0 aromatic carbocycles. The molecule has 0 aliphatic rings. The fourth-order valence-corrected chi connectivity index (χ4v) is 9.27. The van der Waals surface area contributed by atoms with Gasteiger partial charge in [-0.2, -0.15) is 0 Å². The minimum atomic E-state index is -5.45. The molecule has 0 aliphatic heterocycles. The van der Waals surface area contributed by atoms with Gasteiger partial charge in [-0.25, -0.2) is 0 Å². The Hall–Kier alpha value is -3.16. The molecule has 0 unspecified atom stereocenters. The molecule has 13 heteroatoms. The third-order valence-corrected chi connectivity index (χ3v) is 11.7. The van der Waals surface area contributed by atoms with Crippen molar-refractivity contribution in [1.82, 2.24) is 0 Å². The number of rotatable bonds is 19. The van der Waals surface area contributed by atoms with E-state index >= 15 is 0 Å². The van der Waals surface area contributed by atoms with Crippen LogP contribution < -0.4 is 0 Å². The van der Waals surface area contributed by atoms with Gasteiger partial charge in [-0.05, 0) is 0 Å². The van der Waals surface area contributed by atoms with E-state index in [-0.39, 0.29) is 24.3 Å². The fraction of sp³-hybridized carbons (Fsp3) is 0.538. The molecule has 0 fully saturated rings. The van der Waals surface area contributed by atoms with E-state index in [2.05, 4.69) is 6.92 Å². The first-order valence-electron chi connectivity index (χ1n) is 12.8. The zero-order valence-electron chi connectivity index (χ0n) is 22.9. The summed E-state index contributed by atoms with van der Waals surface area (Å²) in [4.78, 5) is 72.5. The zero-order valence-corrected chi connectivity index (χ0v) is 25.8. The van der Waals surface area contributed by atoms with Crippen LogP contribution in [0.25, 0.3) is 0 Å². The predicted octanol–water partition coefficient (Wildman–Crippen LogP) is 3.27. The second-order valence-corrected chi connectivity index (χ2v) is 14.8. The maximum absolute atomic E-state index is 12.6. The van der Waals surface area contributed by atoms with Crippen LogP contribution in [0, 0.1) is 0 Å². The van der Waals surface area contributed by atoms with Gasteiger partial charge in [0.05, 0.1) is 0 Å². The van der Waals surface area contributed by atoms with Crippen molar-refractivity contribution in [2.45, 2.75) is 70.7 Å². The first-order chi connectivity index (χ1) is 18.6. The van der Waals surface area contributed by atoms with Crippen LogP contribution in [0.3, 0.4) is 0 Å². The van der Waals surface area contributed by atoms with Gasteiger partial charge in [0.2, 0.25) is 0 Å². The molecular weight excluding hydrogens is 623 g/mol. The fourth-order valence-electron chi connectivity index (χ4n) is 2.88. The molecule has 0 amide bonds. The van der Waals surface area contributed by atoms with E-state index in [0.29, 0.717) is 12.8 Å². The van der Waals surface area contributed by atoms with E-state index in [4.69, 9.17) is 23.4 Å². The summed E-state index contributed by atoms with van der Waals surface area (Å²) in [6.07, 6.45) is 9.66. The van der Waals surface area contributed by atoms with Gasteiger partial charge < -0.3 is 0 Å². The Labute approximate surface area is 234 Å². The van der Waals surface area contributed by atoms with E-state index in [1.807, 2.05) is 0 Å². The molecule has 39 heavy (non-hydrogen) atoms. The van der Waals surface area contributed by atoms with Crippen molar-refractivity contribution in [2.24, 2.45) is 0 Å². The van der Waals surface area contributed by atoms with Gasteiger partial charge in [0, 0.05) is 0 Å². The summed E-state index contributed by atoms with van der Waals surface area (Å²) in [5.41, 5.74) is 0. The molecule has 0 radical (unpaired) electrons. The van der Waals surface area contributed by atoms with Crippen LogP contribution in [0.4, 0.5) is 0 Å². The molecule has 0 spiro atoms. The summed E-state index contributed by atoms with van der Waals surface area (Å²) in [5, 5.41) is 0. The van der Waals surface area contributed by atoms with Crippen LogP contribution in [0.2, 0.25) is 4.44 Å². The molecular formula is C26H38O12Sn. The summed E-state index contributed by atoms with van der Waals surface area (Å²) < 4.78 is 30.4. The monoisotopic (exact) mass is 662 g/mol. The molecule has 0 heterocycles. The molecule has 0 saturated carbocycles. The average Bonchev–Trinajstić information content (AvgIpc) is 2.87. The quantitative estimate of drug-likeness (QED) is 0.0655. The van der Waals surface area contributed by atoms with Crippen LogP contribution in [-0.4, -0.2) is 75.3 Å². The molecule has 0 aliphatic carbocycles. The Bertz CT molecular complexity index is 804. The predicted molar refractivity (Wildman–Crippen MR) is 140 cm³/mol. The third kappa shape index (κ3) is 18.7. The number of ether oxygens (including phenoxy) is 3. The molecule has 0 bridgehead atoms. The summed E-state index contributed by atoms with van der Waals surface area (Å²) in [7, 11) is 0. The Morgan fingerprint density at radius 1 is 0.462 bits per heavy atom. The molecule has 0 aromatic heterocycles. The van der Waals surface area contributed by atoms with Crippen molar-refractivity contribution in [2.75, 3.05) is 19.8 Å². The Kier molecular flexibility index (Phi) is 20.0. The first kappa shape index (κ1) is 35.8. The second kappa shape index (κ2) is 21.7. The summed E-state index contributed by atoms with van der Waals surface area (Å²) >= 11 is -5.45. The van der Waals surface area contributed by atoms with Crippen molar-refractivity contribution < 1.29 is 52.2 Å². The van der Waals surface area contributed by atoms with Gasteiger partial charge in [0.1, 0.15) is 0 Å². The summed E-state index contributed by atoms with van der Waals surface area (Å²) in [6.45, 7) is 7.05. The van der Waals surface area contributed by atoms with E-state index in [0.717, 1.165) is 62.1 Å². The molecule has 0 aromatic rings. The van der Waals surface area contributed by atoms with Crippen molar-refractivity contribution in [3.63, 3.8) is 0 Å². The molecule has 0 N–H and O–H groups in total. The summed E-state index contributed by atoms with van der Waals surface area (Å²) in [6, 6.07) is 0. The number of carbonyl (C=O) groups is 6. The van der Waals surface area contributed by atoms with Crippen LogP contribution in [0.15, 0.2) is 36.5 Å². The van der Waals surface area contributed by atoms with Gasteiger partial charge >= 0.3 is 235 Å². The van der Waals surface area contributed by atoms with E-state index in [1.54, 1.807) is 20.8 Å². The van der Waals surface area contributed by atoms with E-state index in [1.165, 1.54) is 0 Å². The number of hydrogen-bond acceptors (Lipinski definition) is 12. The second-order valence-electron chi connectivity index (χ2n) is 7.72. The van der Waals surface area contributed by atoms with E-state index < -0.39 is 55.4 Å². The minimum absolute atomic E-state index is 0.0717. The van der Waals surface area contributed by atoms with Gasteiger partial charge in [0.25, 0.3) is 0 Å². The van der Waals surface area contributed by atoms with Gasteiger partial charge in [-0.1, -0.05) is 0 Å². The van der Waals surface area contributed by atoms with Crippen molar-refractivity contribution >= 4 is 55.4 Å². The number of esters is 3. The molecule has 0 atom stereocenters. The van der Waals surface area contributed by atoms with Gasteiger partial charge in [-0.15, -0.1) is 0 Å². The Morgan fingerprint density at radius 2 is 0.769 bits per heavy atom. The van der Waals surface area contributed by atoms with Crippen LogP contribution in [0.5, 0.6) is 0 Å². The van der Waals surface area contributed by atoms with Crippen molar-refractivity contribution in [3.8, 4) is 0 Å². The maximum atomic E-state index is 12.6. The molecule has 218 valence electrons. The molecule has 0 saturated heterocycles. The SMILES string of the molecule is CCCCCCC[CH2][Sn]([O]C(=O)/C=C\C(=O)OCC)([O]C(=O)/C=C\C(=O)OCC)[O]C(=O)/C=C\C(=O)OCC. The standard InChI is InChI=1S/C8H17.3C6H8O4.Sn/c1-3-5-7-8-6-4-2;3*1-2-10-6(9)4-3-5(7)8;/h1,3-8H2,2H3;3*3-4H,2H2,1H3,(H,7,8);/q;;;;+3/p-3/b;3*4-3-;. The Balaban J connectivity index is 6.03. The zero-order chi connectivity index (χ0) is 29.5. The van der Waals surface area contributed by atoms with Crippen LogP contribution in [-0.2, 0) is 52.2 Å². The Morgan fingerprint density at radius 3 is 1.10 bits per heavy atom. The van der Waals surface area contributed by atoms with Gasteiger partial charge in [0.15, 0.2) is 0 Å². The summed E-state index contributed by atoms with van der Waals surface area (Å²) in [5.74, 6) is -5.74. The number of unbranched alkanes of at least 4 members (excludes halogenated alkanes) is 5. The van der Waals surface area contributed by atoms with Gasteiger partial charge in [-0.3, -0.25) is 0 Å². The average molecular weight is 661 g/mol. The number of hydrogen-bond donors (Lipinski definition) is 0. The molecule has 12 nitrogen and oxygen atoms in total.